The summed E-state index contributed by atoms with van der Waals surface area (Å²) in [6, 6.07) is 8.35. The lowest BCUT2D eigenvalue weighted by molar-refractivity contribution is 1.06. The Labute approximate surface area is 106 Å². The monoisotopic (exact) mass is 247 g/mol. The van der Waals surface area contributed by atoms with E-state index in [0.29, 0.717) is 0 Å². The van der Waals surface area contributed by atoms with Crippen molar-refractivity contribution in [1.82, 2.24) is 9.97 Å². The summed E-state index contributed by atoms with van der Waals surface area (Å²) in [5.41, 5.74) is 3.46. The fourth-order valence-electron chi connectivity index (χ4n) is 1.61. The van der Waals surface area contributed by atoms with Gasteiger partial charge < -0.3 is 5.32 Å². The zero-order valence-electron chi connectivity index (χ0n) is 9.87. The van der Waals surface area contributed by atoms with Gasteiger partial charge in [-0.15, -0.1) is 0 Å². The first-order chi connectivity index (χ1) is 8.15. The Bertz CT molecular complexity index is 526. The molecule has 1 aromatic heterocycles. The van der Waals surface area contributed by atoms with Gasteiger partial charge in [0.15, 0.2) is 0 Å². The van der Waals surface area contributed by atoms with Crippen LogP contribution in [-0.2, 0) is 6.54 Å². The number of aryl methyl sites for hydroxylation is 2. The molecule has 0 atom stereocenters. The minimum absolute atomic E-state index is 0.266. The van der Waals surface area contributed by atoms with Crippen LogP contribution in [0.4, 0.5) is 5.82 Å². The highest BCUT2D eigenvalue weighted by molar-refractivity contribution is 6.28. The molecule has 88 valence electrons. The number of nitrogens with one attached hydrogen (secondary N) is 1. The maximum absolute atomic E-state index is 5.76. The van der Waals surface area contributed by atoms with E-state index in [-0.39, 0.29) is 5.28 Å². The lowest BCUT2D eigenvalue weighted by atomic mass is 10.1. The van der Waals surface area contributed by atoms with Crippen molar-refractivity contribution in [3.05, 3.63) is 52.4 Å². The molecule has 17 heavy (non-hydrogen) atoms. The highest BCUT2D eigenvalue weighted by atomic mass is 35.5. The van der Waals surface area contributed by atoms with Gasteiger partial charge in [0.25, 0.3) is 0 Å². The van der Waals surface area contributed by atoms with Gasteiger partial charge in [0, 0.05) is 18.3 Å². The zero-order chi connectivity index (χ0) is 12.3. The van der Waals surface area contributed by atoms with Crippen LogP contribution in [0, 0.1) is 13.8 Å². The van der Waals surface area contributed by atoms with Crippen LogP contribution in [0.3, 0.4) is 0 Å². The molecule has 0 fully saturated rings. The van der Waals surface area contributed by atoms with Crippen molar-refractivity contribution < 1.29 is 0 Å². The first-order valence-corrected chi connectivity index (χ1v) is 5.81. The van der Waals surface area contributed by atoms with Crippen molar-refractivity contribution in [1.29, 1.82) is 0 Å². The summed E-state index contributed by atoms with van der Waals surface area (Å²) in [5, 5.41) is 3.53. The van der Waals surface area contributed by atoms with Crippen LogP contribution in [0.25, 0.3) is 0 Å². The Morgan fingerprint density at radius 2 is 2.12 bits per heavy atom. The van der Waals surface area contributed by atoms with E-state index in [2.05, 4.69) is 40.4 Å². The van der Waals surface area contributed by atoms with Crippen LogP contribution < -0.4 is 5.32 Å². The van der Waals surface area contributed by atoms with E-state index in [1.165, 1.54) is 11.1 Å². The third-order valence-corrected chi connectivity index (χ3v) is 2.67. The van der Waals surface area contributed by atoms with Crippen molar-refractivity contribution in [2.45, 2.75) is 20.4 Å². The fourth-order valence-corrected chi connectivity index (χ4v) is 1.74. The van der Waals surface area contributed by atoms with E-state index in [9.17, 15) is 0 Å². The number of hydrogen-bond acceptors (Lipinski definition) is 3. The van der Waals surface area contributed by atoms with Crippen LogP contribution in [0.15, 0.2) is 30.5 Å². The molecule has 0 unspecified atom stereocenters. The average Bonchev–Trinajstić information content (AvgIpc) is 2.30. The molecule has 1 aromatic carbocycles. The van der Waals surface area contributed by atoms with Gasteiger partial charge in [-0.25, -0.2) is 9.97 Å². The molecule has 2 aromatic rings. The number of benzene rings is 1. The lowest BCUT2D eigenvalue weighted by Crippen LogP contribution is -2.04. The molecule has 1 heterocycles. The van der Waals surface area contributed by atoms with Gasteiger partial charge in [0.2, 0.25) is 5.28 Å². The molecule has 4 heteroatoms. The van der Waals surface area contributed by atoms with Gasteiger partial charge >= 0.3 is 0 Å². The summed E-state index contributed by atoms with van der Waals surface area (Å²) in [4.78, 5) is 8.08. The molecule has 1 N–H and O–H groups in total. The lowest BCUT2D eigenvalue weighted by Gasteiger charge is -2.08. The van der Waals surface area contributed by atoms with E-state index in [1.54, 1.807) is 6.20 Å². The Hall–Kier alpha value is -1.61. The molecule has 0 amide bonds. The average molecular weight is 248 g/mol. The van der Waals surface area contributed by atoms with Crippen LogP contribution >= 0.6 is 11.6 Å². The summed E-state index contributed by atoms with van der Waals surface area (Å²) in [6.45, 7) is 4.76. The molecular weight excluding hydrogens is 234 g/mol. The predicted octanol–water partition coefficient (Wildman–Crippen LogP) is 3.36. The number of rotatable bonds is 3. The normalized spacial score (nSPS) is 10.3. The minimum atomic E-state index is 0.266. The van der Waals surface area contributed by atoms with Crippen LogP contribution in [0.2, 0.25) is 5.28 Å². The maximum Gasteiger partial charge on any atom is 0.224 e. The molecule has 2 rings (SSSR count). The molecule has 0 aliphatic heterocycles. The standard InChI is InChI=1S/C13H14ClN3/c1-9-4-3-5-11(6-9)8-15-12-10(2)7-16-13(14)17-12/h3-7H,8H2,1-2H3,(H,15,16,17). The van der Waals surface area contributed by atoms with Crippen molar-refractivity contribution >= 4 is 17.4 Å². The van der Waals surface area contributed by atoms with Crippen molar-refractivity contribution in [3.63, 3.8) is 0 Å². The number of nitrogens with zero attached hydrogens (tertiary/aromatic N) is 2. The second-order valence-corrected chi connectivity index (χ2v) is 4.35. The van der Waals surface area contributed by atoms with Crippen molar-refractivity contribution in [2.24, 2.45) is 0 Å². The quantitative estimate of drug-likeness (QED) is 0.846. The maximum atomic E-state index is 5.76. The highest BCUT2D eigenvalue weighted by Gasteiger charge is 2.02. The molecule has 0 spiro atoms. The highest BCUT2D eigenvalue weighted by Crippen LogP contribution is 2.14. The van der Waals surface area contributed by atoms with Crippen LogP contribution in [0.1, 0.15) is 16.7 Å². The van der Waals surface area contributed by atoms with E-state index >= 15 is 0 Å². The summed E-state index contributed by atoms with van der Waals surface area (Å²) < 4.78 is 0. The van der Waals surface area contributed by atoms with Gasteiger partial charge in [0.05, 0.1) is 0 Å². The molecule has 0 saturated heterocycles. The molecule has 0 aliphatic rings. The van der Waals surface area contributed by atoms with Gasteiger partial charge in [-0.2, -0.15) is 0 Å². The Balaban J connectivity index is 2.09. The largest absolute Gasteiger partial charge is 0.366 e. The smallest absolute Gasteiger partial charge is 0.224 e. The van der Waals surface area contributed by atoms with Gasteiger partial charge in [-0.1, -0.05) is 29.8 Å². The predicted molar refractivity (Wildman–Crippen MR) is 70.3 cm³/mol. The first kappa shape index (κ1) is 11.9. The van der Waals surface area contributed by atoms with E-state index < -0.39 is 0 Å². The van der Waals surface area contributed by atoms with E-state index in [4.69, 9.17) is 11.6 Å². The molecule has 0 aliphatic carbocycles. The van der Waals surface area contributed by atoms with Gasteiger partial charge in [0.1, 0.15) is 5.82 Å². The van der Waals surface area contributed by atoms with Crippen molar-refractivity contribution in [3.8, 4) is 0 Å². The zero-order valence-corrected chi connectivity index (χ0v) is 10.6. The van der Waals surface area contributed by atoms with Crippen LogP contribution in [0.5, 0.6) is 0 Å². The number of aromatic nitrogens is 2. The molecule has 0 saturated carbocycles. The third-order valence-electron chi connectivity index (χ3n) is 2.48. The second kappa shape index (κ2) is 5.15. The topological polar surface area (TPSA) is 37.8 Å². The number of anilines is 1. The SMILES string of the molecule is Cc1cccc(CNc2nc(Cl)ncc2C)c1. The molecular formula is C13H14ClN3. The molecule has 0 radical (unpaired) electrons. The van der Waals surface area contributed by atoms with Gasteiger partial charge in [-0.05, 0) is 31.0 Å². The third kappa shape index (κ3) is 3.17. The summed E-state index contributed by atoms with van der Waals surface area (Å²) >= 11 is 5.76. The Morgan fingerprint density at radius 3 is 2.88 bits per heavy atom. The Kier molecular flexibility index (Phi) is 3.59. The number of halogens is 1. The summed E-state index contributed by atoms with van der Waals surface area (Å²) in [7, 11) is 0. The van der Waals surface area contributed by atoms with Gasteiger partial charge in [-0.3, -0.25) is 0 Å². The minimum Gasteiger partial charge on any atom is -0.366 e. The fraction of sp³-hybridized carbons (Fsp3) is 0.231. The van der Waals surface area contributed by atoms with Crippen molar-refractivity contribution in [2.75, 3.05) is 5.32 Å². The first-order valence-electron chi connectivity index (χ1n) is 5.44. The summed E-state index contributed by atoms with van der Waals surface area (Å²) in [6.07, 6.45) is 1.72. The molecule has 3 nitrogen and oxygen atoms in total. The Morgan fingerprint density at radius 1 is 1.29 bits per heavy atom. The number of hydrogen-bond donors (Lipinski definition) is 1. The second-order valence-electron chi connectivity index (χ2n) is 4.01. The molecule has 0 bridgehead atoms. The van der Waals surface area contributed by atoms with E-state index in [1.807, 2.05) is 13.0 Å². The summed E-state index contributed by atoms with van der Waals surface area (Å²) in [5.74, 6) is 0.784. The van der Waals surface area contributed by atoms with Crippen LogP contribution in [-0.4, -0.2) is 9.97 Å². The van der Waals surface area contributed by atoms with E-state index in [0.717, 1.165) is 17.9 Å².